The van der Waals surface area contributed by atoms with Crippen LogP contribution in [0.5, 0.6) is 0 Å². The molecular weight excluding hydrogens is 238 g/mol. The van der Waals surface area contributed by atoms with Gasteiger partial charge >= 0.3 is 0 Å². The van der Waals surface area contributed by atoms with Crippen LogP contribution in [0.3, 0.4) is 0 Å². The van der Waals surface area contributed by atoms with E-state index in [4.69, 9.17) is 4.74 Å². The van der Waals surface area contributed by atoms with Crippen LogP contribution < -0.4 is 5.32 Å². The molecule has 0 radical (unpaired) electrons. The van der Waals surface area contributed by atoms with E-state index in [1.807, 2.05) is 0 Å². The van der Waals surface area contributed by atoms with E-state index in [9.17, 15) is 8.78 Å². The molecule has 18 heavy (non-hydrogen) atoms. The fourth-order valence-corrected chi connectivity index (χ4v) is 2.37. The van der Waals surface area contributed by atoms with Gasteiger partial charge in [-0.1, -0.05) is 0 Å². The Balaban J connectivity index is 2.40. The molecule has 2 aromatic rings. The number of anilines is 1. The number of benzene rings is 1. The van der Waals surface area contributed by atoms with Gasteiger partial charge in [0.25, 0.3) is 0 Å². The van der Waals surface area contributed by atoms with Crippen molar-refractivity contribution >= 4 is 16.6 Å². The van der Waals surface area contributed by atoms with Crippen molar-refractivity contribution in [2.45, 2.75) is 13.0 Å². The van der Waals surface area contributed by atoms with E-state index in [2.05, 4.69) is 10.3 Å². The molecule has 0 unspecified atom stereocenters. The Morgan fingerprint density at radius 2 is 2.17 bits per heavy atom. The summed E-state index contributed by atoms with van der Waals surface area (Å²) in [6, 6.07) is 2.16. The van der Waals surface area contributed by atoms with Gasteiger partial charge in [-0.2, -0.15) is 0 Å². The van der Waals surface area contributed by atoms with Gasteiger partial charge in [0.15, 0.2) is 5.82 Å². The molecule has 2 heterocycles. The maximum Gasteiger partial charge on any atom is 0.152 e. The molecule has 0 saturated carbocycles. The first-order valence-electron chi connectivity index (χ1n) is 5.76. The van der Waals surface area contributed by atoms with Crippen LogP contribution in [0, 0.1) is 11.6 Å². The molecule has 1 aliphatic rings. The zero-order chi connectivity index (χ0) is 12.7. The summed E-state index contributed by atoms with van der Waals surface area (Å²) in [4.78, 5) is 4.30. The summed E-state index contributed by atoms with van der Waals surface area (Å²) in [5.74, 6) is -1.23. The lowest BCUT2D eigenvalue weighted by atomic mass is 10.0. The Hall–Kier alpha value is -1.75. The molecule has 1 aliphatic heterocycles. The normalized spacial score (nSPS) is 14.6. The minimum atomic E-state index is -0.629. The van der Waals surface area contributed by atoms with Gasteiger partial charge in [0.2, 0.25) is 0 Å². The minimum absolute atomic E-state index is 0.210. The fraction of sp³-hybridized carbons (Fsp3) is 0.308. The van der Waals surface area contributed by atoms with Gasteiger partial charge in [-0.15, -0.1) is 0 Å². The highest BCUT2D eigenvalue weighted by molar-refractivity contribution is 5.93. The average molecular weight is 250 g/mol. The summed E-state index contributed by atoms with van der Waals surface area (Å²) in [6.07, 6.45) is 0.650. The molecule has 1 aromatic heterocycles. The number of hydrogen-bond donors (Lipinski definition) is 1. The maximum atomic E-state index is 13.8. The van der Waals surface area contributed by atoms with Crippen molar-refractivity contribution in [3.05, 3.63) is 35.0 Å². The number of fused-ring (bicyclic) bond motifs is 2. The van der Waals surface area contributed by atoms with Gasteiger partial charge in [-0.25, -0.2) is 13.8 Å². The van der Waals surface area contributed by atoms with Gasteiger partial charge in [0, 0.05) is 30.5 Å². The monoisotopic (exact) mass is 250 g/mol. The highest BCUT2D eigenvalue weighted by atomic mass is 19.1. The zero-order valence-electron chi connectivity index (χ0n) is 9.89. The van der Waals surface area contributed by atoms with Crippen LogP contribution in [0.2, 0.25) is 0 Å². The maximum absolute atomic E-state index is 13.8. The summed E-state index contributed by atoms with van der Waals surface area (Å²) in [6.45, 7) is 1.00. The van der Waals surface area contributed by atoms with Crippen molar-refractivity contribution in [2.24, 2.45) is 0 Å². The smallest absolute Gasteiger partial charge is 0.152 e. The topological polar surface area (TPSA) is 34.2 Å². The Labute approximate surface area is 103 Å². The Morgan fingerprint density at radius 1 is 1.33 bits per heavy atom. The predicted molar refractivity (Wildman–Crippen MR) is 64.6 cm³/mol. The van der Waals surface area contributed by atoms with Crippen molar-refractivity contribution in [3.8, 4) is 0 Å². The van der Waals surface area contributed by atoms with Gasteiger partial charge in [-0.3, -0.25) is 0 Å². The molecule has 0 amide bonds. The van der Waals surface area contributed by atoms with Crippen molar-refractivity contribution < 1.29 is 13.5 Å². The van der Waals surface area contributed by atoms with E-state index in [0.717, 1.165) is 17.3 Å². The number of nitrogens with zero attached hydrogens (tertiary/aromatic N) is 1. The fourth-order valence-electron chi connectivity index (χ4n) is 2.37. The van der Waals surface area contributed by atoms with Crippen LogP contribution in [-0.2, 0) is 17.8 Å². The molecular formula is C13H12F2N2O. The van der Waals surface area contributed by atoms with E-state index in [-0.39, 0.29) is 5.52 Å². The van der Waals surface area contributed by atoms with Crippen molar-refractivity contribution in [3.63, 3.8) is 0 Å². The Morgan fingerprint density at radius 3 is 2.94 bits per heavy atom. The number of hydrogen-bond acceptors (Lipinski definition) is 3. The molecule has 1 N–H and O–H groups in total. The second-order valence-electron chi connectivity index (χ2n) is 4.25. The summed E-state index contributed by atoms with van der Waals surface area (Å²) in [5, 5.41) is 3.46. The number of halogens is 2. The standard InChI is InChI=1S/C13H12F2N2O/c1-16-12-8-4-7(14)5-10(15)13(8)17-11-2-3-18-6-9(11)12/h4-5H,2-3,6H2,1H3,(H,16,17). The molecule has 3 nitrogen and oxygen atoms in total. The lowest BCUT2D eigenvalue weighted by Gasteiger charge is -2.21. The molecule has 5 heteroatoms. The van der Waals surface area contributed by atoms with E-state index >= 15 is 0 Å². The van der Waals surface area contributed by atoms with E-state index < -0.39 is 11.6 Å². The largest absolute Gasteiger partial charge is 0.387 e. The van der Waals surface area contributed by atoms with Crippen LogP contribution >= 0.6 is 0 Å². The van der Waals surface area contributed by atoms with Gasteiger partial charge in [0.05, 0.1) is 24.6 Å². The third kappa shape index (κ3) is 1.62. The molecule has 1 aromatic carbocycles. The minimum Gasteiger partial charge on any atom is -0.387 e. The Kier molecular flexibility index (Phi) is 2.63. The second-order valence-corrected chi connectivity index (χ2v) is 4.25. The third-order valence-electron chi connectivity index (χ3n) is 3.17. The van der Waals surface area contributed by atoms with E-state index in [1.165, 1.54) is 6.07 Å². The van der Waals surface area contributed by atoms with Gasteiger partial charge in [0.1, 0.15) is 11.3 Å². The van der Waals surface area contributed by atoms with Crippen LogP contribution in [0.15, 0.2) is 12.1 Å². The quantitative estimate of drug-likeness (QED) is 0.844. The number of aromatic nitrogens is 1. The molecule has 0 bridgehead atoms. The number of ether oxygens (including phenoxy) is 1. The SMILES string of the molecule is CNc1c2c(nc3c(F)cc(F)cc13)CCOC2. The number of rotatable bonds is 1. The first kappa shape index (κ1) is 11.3. The first-order valence-corrected chi connectivity index (χ1v) is 5.76. The molecule has 0 saturated heterocycles. The molecule has 0 spiro atoms. The average Bonchev–Trinajstić information content (AvgIpc) is 2.36. The lowest BCUT2D eigenvalue weighted by molar-refractivity contribution is 0.110. The molecule has 0 atom stereocenters. The van der Waals surface area contributed by atoms with Gasteiger partial charge in [-0.05, 0) is 6.07 Å². The second kappa shape index (κ2) is 4.17. The first-order chi connectivity index (χ1) is 8.70. The lowest BCUT2D eigenvalue weighted by Crippen LogP contribution is -2.15. The highest BCUT2D eigenvalue weighted by Crippen LogP contribution is 2.32. The van der Waals surface area contributed by atoms with E-state index in [1.54, 1.807) is 7.05 Å². The van der Waals surface area contributed by atoms with Crippen LogP contribution in [0.1, 0.15) is 11.3 Å². The summed E-state index contributed by atoms with van der Waals surface area (Å²) in [5.41, 5.74) is 2.62. The Bertz CT molecular complexity index is 628. The number of pyridine rings is 1. The van der Waals surface area contributed by atoms with Gasteiger partial charge < -0.3 is 10.1 Å². The van der Waals surface area contributed by atoms with Crippen molar-refractivity contribution in [1.82, 2.24) is 4.98 Å². The van der Waals surface area contributed by atoms with E-state index in [0.29, 0.717) is 30.7 Å². The summed E-state index contributed by atoms with van der Waals surface area (Å²) < 4.78 is 32.5. The molecule has 0 fully saturated rings. The summed E-state index contributed by atoms with van der Waals surface area (Å²) in [7, 11) is 1.73. The molecule has 0 aliphatic carbocycles. The summed E-state index contributed by atoms with van der Waals surface area (Å²) >= 11 is 0. The highest BCUT2D eigenvalue weighted by Gasteiger charge is 2.20. The zero-order valence-corrected chi connectivity index (χ0v) is 9.89. The predicted octanol–water partition coefficient (Wildman–Crippen LogP) is 2.63. The van der Waals surface area contributed by atoms with Crippen LogP contribution in [0.25, 0.3) is 10.9 Å². The third-order valence-corrected chi connectivity index (χ3v) is 3.17. The van der Waals surface area contributed by atoms with Crippen molar-refractivity contribution in [2.75, 3.05) is 19.0 Å². The number of nitrogens with one attached hydrogen (secondary N) is 1. The molecule has 94 valence electrons. The molecule has 3 rings (SSSR count). The van der Waals surface area contributed by atoms with Crippen LogP contribution in [0.4, 0.5) is 14.5 Å². The van der Waals surface area contributed by atoms with Crippen LogP contribution in [-0.4, -0.2) is 18.6 Å². The van der Waals surface area contributed by atoms with Crippen molar-refractivity contribution in [1.29, 1.82) is 0 Å².